The van der Waals surface area contributed by atoms with Crippen molar-refractivity contribution in [2.45, 2.75) is 433 Å². The van der Waals surface area contributed by atoms with Crippen LogP contribution in [-0.2, 0) is 33.2 Å². The Bertz CT molecular complexity index is 2160. The van der Waals surface area contributed by atoms with E-state index in [0.29, 0.717) is 6.42 Å². The molecule has 0 saturated carbocycles. The molecule has 19 nitrogen and oxygen atoms in total. The van der Waals surface area contributed by atoms with E-state index >= 15 is 0 Å². The van der Waals surface area contributed by atoms with Gasteiger partial charge in [0.25, 0.3) is 0 Å². The van der Waals surface area contributed by atoms with Crippen molar-refractivity contribution in [1.29, 1.82) is 0 Å². The molecule has 0 radical (unpaired) electrons. The zero-order chi connectivity index (χ0) is 75.3. The van der Waals surface area contributed by atoms with E-state index in [1.54, 1.807) is 6.08 Å². The molecular formula is C85H153NO18. The van der Waals surface area contributed by atoms with E-state index in [4.69, 9.17) is 28.4 Å². The fourth-order valence-electron chi connectivity index (χ4n) is 14.0. The van der Waals surface area contributed by atoms with Crippen molar-refractivity contribution in [3.05, 3.63) is 72.9 Å². The second-order valence-corrected chi connectivity index (χ2v) is 29.9. The molecule has 0 spiro atoms. The Morgan fingerprint density at radius 3 is 1.04 bits per heavy atom. The van der Waals surface area contributed by atoms with Crippen LogP contribution >= 0.6 is 0 Å². The average Bonchev–Trinajstić information content (AvgIpc) is 0.783. The summed E-state index contributed by atoms with van der Waals surface area (Å²) in [7, 11) is 0. The normalized spacial score (nSPS) is 26.3. The maximum atomic E-state index is 13.5. The number of hydrogen-bond acceptors (Lipinski definition) is 18. The number of allylic oxidation sites excluding steroid dienone is 11. The van der Waals surface area contributed by atoms with Gasteiger partial charge in [0.1, 0.15) is 73.2 Å². The van der Waals surface area contributed by atoms with E-state index in [9.17, 15) is 61.0 Å². The van der Waals surface area contributed by atoms with E-state index in [1.165, 1.54) is 225 Å². The third kappa shape index (κ3) is 44.2. The number of rotatable bonds is 67. The molecule has 3 rings (SSSR count). The van der Waals surface area contributed by atoms with Gasteiger partial charge < -0.3 is 89.9 Å². The molecule has 0 aromatic carbocycles. The second-order valence-electron chi connectivity index (χ2n) is 29.9. The maximum absolute atomic E-state index is 13.5. The highest BCUT2D eigenvalue weighted by Gasteiger charge is 2.54. The quantitative estimate of drug-likeness (QED) is 0.0199. The fraction of sp³-hybridized carbons (Fsp3) is 0.847. The van der Waals surface area contributed by atoms with E-state index in [2.05, 4.69) is 79.9 Å². The summed E-state index contributed by atoms with van der Waals surface area (Å²) in [5.74, 6) is -0.271. The van der Waals surface area contributed by atoms with E-state index < -0.39 is 124 Å². The molecular weight excluding hydrogens is 1320 g/mol. The number of hydrogen-bond donors (Lipinski definition) is 12. The van der Waals surface area contributed by atoms with Crippen molar-refractivity contribution >= 4 is 5.91 Å². The predicted molar refractivity (Wildman–Crippen MR) is 415 cm³/mol. The second kappa shape index (κ2) is 65.0. The lowest BCUT2D eigenvalue weighted by Gasteiger charge is -2.48. The van der Waals surface area contributed by atoms with Crippen LogP contribution in [0.3, 0.4) is 0 Å². The average molecular weight is 1480 g/mol. The first kappa shape index (κ1) is 95.4. The number of amides is 1. The molecule has 606 valence electrons. The van der Waals surface area contributed by atoms with Crippen LogP contribution in [0, 0.1) is 0 Å². The molecule has 3 aliphatic rings. The molecule has 3 aliphatic heterocycles. The highest BCUT2D eigenvalue weighted by Crippen LogP contribution is 2.33. The van der Waals surface area contributed by atoms with Crippen molar-refractivity contribution in [2.75, 3.05) is 26.4 Å². The Morgan fingerprint density at radius 1 is 0.356 bits per heavy atom. The van der Waals surface area contributed by atoms with Crippen molar-refractivity contribution in [1.82, 2.24) is 5.32 Å². The third-order valence-corrected chi connectivity index (χ3v) is 20.8. The number of nitrogens with one attached hydrogen (secondary N) is 1. The summed E-state index contributed by atoms with van der Waals surface area (Å²) in [6.07, 6.45) is 58.9. The van der Waals surface area contributed by atoms with Gasteiger partial charge in [0.15, 0.2) is 18.9 Å². The van der Waals surface area contributed by atoms with Gasteiger partial charge in [0.05, 0.1) is 38.6 Å². The third-order valence-electron chi connectivity index (χ3n) is 20.8. The van der Waals surface area contributed by atoms with Crippen LogP contribution in [0.4, 0.5) is 0 Å². The largest absolute Gasteiger partial charge is 0.394 e. The first-order valence-corrected chi connectivity index (χ1v) is 42.2. The molecule has 12 N–H and O–H groups in total. The summed E-state index contributed by atoms with van der Waals surface area (Å²) in [5, 5.41) is 121. The lowest BCUT2D eigenvalue weighted by atomic mass is 9.96. The molecule has 3 saturated heterocycles. The van der Waals surface area contributed by atoms with Crippen LogP contribution in [0.15, 0.2) is 72.9 Å². The molecule has 3 fully saturated rings. The molecule has 104 heavy (non-hydrogen) atoms. The zero-order valence-corrected chi connectivity index (χ0v) is 65.0. The lowest BCUT2D eigenvalue weighted by molar-refractivity contribution is -0.379. The van der Waals surface area contributed by atoms with Gasteiger partial charge in [-0.2, -0.15) is 0 Å². The minimum Gasteiger partial charge on any atom is -0.394 e. The summed E-state index contributed by atoms with van der Waals surface area (Å²) in [4.78, 5) is 13.5. The molecule has 3 heterocycles. The fourth-order valence-corrected chi connectivity index (χ4v) is 14.0. The number of aliphatic hydroxyl groups excluding tert-OH is 11. The Kier molecular flexibility index (Phi) is 59.6. The minimum atomic E-state index is -1.98. The summed E-state index contributed by atoms with van der Waals surface area (Å²) in [6.45, 7) is 1.67. The van der Waals surface area contributed by atoms with Crippen LogP contribution in [0.5, 0.6) is 0 Å². The van der Waals surface area contributed by atoms with Gasteiger partial charge in [0.2, 0.25) is 5.91 Å². The number of carbonyl (C=O) groups is 1. The van der Waals surface area contributed by atoms with Gasteiger partial charge in [-0.25, -0.2) is 0 Å². The first-order chi connectivity index (χ1) is 50.8. The van der Waals surface area contributed by atoms with Crippen LogP contribution < -0.4 is 5.32 Å². The molecule has 0 aromatic heterocycles. The molecule has 0 aliphatic carbocycles. The summed E-state index contributed by atoms with van der Waals surface area (Å²) >= 11 is 0. The monoisotopic (exact) mass is 1480 g/mol. The highest BCUT2D eigenvalue weighted by atomic mass is 16.8. The van der Waals surface area contributed by atoms with Crippen molar-refractivity contribution in [2.24, 2.45) is 0 Å². The summed E-state index contributed by atoms with van der Waals surface area (Å²) in [5.41, 5.74) is 0. The van der Waals surface area contributed by atoms with E-state index in [0.717, 1.165) is 77.0 Å². The SMILES string of the molecule is CC/C=C\C/C=C\C/C=C\C/C=C\C/C=C\CCCCCCCCCCCCCCCCCCCCCC(=O)NC(COC1OC(CO)C(OC2OC(CO)C(OC3OC(CO)C(O)C(O)C3O)C(O)C2O)C(O)C1O)C(O)/C=C/CCCCCCCCCCCCCCCCCCCCCCCC. The predicted octanol–water partition coefficient (Wildman–Crippen LogP) is 14.8. The van der Waals surface area contributed by atoms with Gasteiger partial charge in [0, 0.05) is 6.42 Å². The Balaban J connectivity index is 1.34. The first-order valence-electron chi connectivity index (χ1n) is 42.2. The number of aliphatic hydroxyl groups is 11. The Hall–Kier alpha value is -2.77. The Labute approximate surface area is 629 Å². The zero-order valence-electron chi connectivity index (χ0n) is 65.0. The maximum Gasteiger partial charge on any atom is 0.220 e. The summed E-state index contributed by atoms with van der Waals surface area (Å²) in [6, 6.07) is -0.976. The highest BCUT2D eigenvalue weighted by molar-refractivity contribution is 5.76. The summed E-state index contributed by atoms with van der Waals surface area (Å²) < 4.78 is 34.5. The smallest absolute Gasteiger partial charge is 0.220 e. The number of unbranched alkanes of at least 4 members (excludes halogenated alkanes) is 41. The number of carbonyl (C=O) groups excluding carboxylic acids is 1. The van der Waals surface area contributed by atoms with E-state index in [-0.39, 0.29) is 18.9 Å². The molecule has 0 bridgehead atoms. The van der Waals surface area contributed by atoms with Gasteiger partial charge in [-0.05, 0) is 64.2 Å². The topological polar surface area (TPSA) is 307 Å². The molecule has 17 unspecified atom stereocenters. The van der Waals surface area contributed by atoms with Crippen molar-refractivity contribution < 1.29 is 89.4 Å². The van der Waals surface area contributed by atoms with Crippen LogP contribution in [0.1, 0.15) is 328 Å². The Morgan fingerprint density at radius 2 is 0.663 bits per heavy atom. The molecule has 0 aromatic rings. The lowest BCUT2D eigenvalue weighted by Crippen LogP contribution is -2.66. The van der Waals surface area contributed by atoms with Crippen LogP contribution in [0.25, 0.3) is 0 Å². The van der Waals surface area contributed by atoms with Crippen molar-refractivity contribution in [3.8, 4) is 0 Å². The van der Waals surface area contributed by atoms with Crippen LogP contribution in [-0.4, -0.2) is 193 Å². The minimum absolute atomic E-state index is 0.244. The van der Waals surface area contributed by atoms with Gasteiger partial charge in [-0.3, -0.25) is 4.79 Å². The van der Waals surface area contributed by atoms with Gasteiger partial charge in [-0.1, -0.05) is 331 Å². The molecule has 17 atom stereocenters. The van der Waals surface area contributed by atoms with Gasteiger partial charge in [-0.15, -0.1) is 0 Å². The number of ether oxygens (including phenoxy) is 6. The van der Waals surface area contributed by atoms with Gasteiger partial charge >= 0.3 is 0 Å². The standard InChI is InChI=1S/C85H153NO18/c1-3-5-7-9-11-13-15-17-19-21-23-25-27-29-30-31-32-33-34-35-36-37-38-39-41-43-45-47-49-51-53-55-57-59-61-63-73(91)86-68(69(90)62-60-58-56-54-52-50-48-46-44-42-40-28-26-24-22-20-18-16-14-12-10-8-6-4-2)67-99-83-79(97)76(94)81(71(65-88)101-83)104-85-80(98)77(95)82(72(66-89)102-85)103-84-78(96)75(93)74(92)70(64-87)100-84/h5,7,11,13,17,19,23,25,29-30,60,62,68-72,74-85,87-90,92-98H,3-4,6,8-10,12,14-16,18,20-22,24,26-28,31-59,61,63-67H2,1-2H3,(H,86,91)/b7-5-,13-11-,19-17-,25-23-,30-29-,62-60+. The van der Waals surface area contributed by atoms with Crippen LogP contribution in [0.2, 0.25) is 0 Å². The van der Waals surface area contributed by atoms with E-state index in [1.807, 2.05) is 6.08 Å². The van der Waals surface area contributed by atoms with Crippen molar-refractivity contribution in [3.63, 3.8) is 0 Å². The molecule has 19 heteroatoms. The molecule has 1 amide bonds.